The van der Waals surface area contributed by atoms with Crippen LogP contribution in [0, 0.1) is 11.8 Å². The van der Waals surface area contributed by atoms with Gasteiger partial charge in [-0.2, -0.15) is 0 Å². The average Bonchev–Trinajstić information content (AvgIpc) is 2.94. The van der Waals surface area contributed by atoms with Crippen molar-refractivity contribution in [1.29, 1.82) is 0 Å². The van der Waals surface area contributed by atoms with Gasteiger partial charge >= 0.3 is 0 Å². The third-order valence-electron chi connectivity index (χ3n) is 3.00. The smallest absolute Gasteiger partial charge is 0.224 e. The third kappa shape index (κ3) is 2.45. The SMILES string of the molecule is NC1CC1C(=O)NCC1CCCOC1. The molecule has 1 amide bonds. The van der Waals surface area contributed by atoms with Gasteiger partial charge < -0.3 is 15.8 Å². The monoisotopic (exact) mass is 198 g/mol. The van der Waals surface area contributed by atoms with Crippen molar-refractivity contribution in [1.82, 2.24) is 5.32 Å². The van der Waals surface area contributed by atoms with Crippen LogP contribution in [0.1, 0.15) is 19.3 Å². The van der Waals surface area contributed by atoms with Crippen molar-refractivity contribution in [2.45, 2.75) is 25.3 Å². The van der Waals surface area contributed by atoms with E-state index >= 15 is 0 Å². The van der Waals surface area contributed by atoms with Gasteiger partial charge in [-0.05, 0) is 25.2 Å². The molecule has 14 heavy (non-hydrogen) atoms. The zero-order chi connectivity index (χ0) is 9.97. The molecule has 3 N–H and O–H groups in total. The molecule has 1 saturated heterocycles. The van der Waals surface area contributed by atoms with Gasteiger partial charge in [0.25, 0.3) is 0 Å². The van der Waals surface area contributed by atoms with Crippen molar-refractivity contribution in [3.63, 3.8) is 0 Å². The van der Waals surface area contributed by atoms with Crippen LogP contribution in [0.15, 0.2) is 0 Å². The van der Waals surface area contributed by atoms with E-state index in [9.17, 15) is 4.79 Å². The second-order valence-electron chi connectivity index (χ2n) is 4.33. The Bertz CT molecular complexity index is 214. The van der Waals surface area contributed by atoms with Gasteiger partial charge in [-0.15, -0.1) is 0 Å². The maximum absolute atomic E-state index is 11.4. The van der Waals surface area contributed by atoms with Crippen LogP contribution >= 0.6 is 0 Å². The number of nitrogens with two attached hydrogens (primary N) is 1. The first-order valence-electron chi connectivity index (χ1n) is 5.38. The van der Waals surface area contributed by atoms with E-state index in [1.807, 2.05) is 0 Å². The van der Waals surface area contributed by atoms with Gasteiger partial charge in [0.15, 0.2) is 0 Å². The fourth-order valence-electron chi connectivity index (χ4n) is 1.86. The number of hydrogen-bond donors (Lipinski definition) is 2. The van der Waals surface area contributed by atoms with Crippen LogP contribution in [-0.2, 0) is 9.53 Å². The molecule has 3 atom stereocenters. The highest BCUT2D eigenvalue weighted by molar-refractivity contribution is 5.82. The van der Waals surface area contributed by atoms with E-state index in [1.54, 1.807) is 0 Å². The van der Waals surface area contributed by atoms with Crippen LogP contribution in [0.2, 0.25) is 0 Å². The summed E-state index contributed by atoms with van der Waals surface area (Å²) in [6.07, 6.45) is 3.13. The summed E-state index contributed by atoms with van der Waals surface area (Å²) >= 11 is 0. The van der Waals surface area contributed by atoms with Crippen LogP contribution in [-0.4, -0.2) is 31.7 Å². The maximum Gasteiger partial charge on any atom is 0.224 e. The van der Waals surface area contributed by atoms with E-state index in [4.69, 9.17) is 10.5 Å². The van der Waals surface area contributed by atoms with Gasteiger partial charge in [0.2, 0.25) is 5.91 Å². The summed E-state index contributed by atoms with van der Waals surface area (Å²) in [5, 5.41) is 2.95. The molecule has 1 aliphatic heterocycles. The van der Waals surface area contributed by atoms with Gasteiger partial charge in [0.05, 0.1) is 12.5 Å². The molecule has 2 aliphatic rings. The van der Waals surface area contributed by atoms with Gasteiger partial charge in [-0.1, -0.05) is 0 Å². The molecule has 80 valence electrons. The Balaban J connectivity index is 1.63. The van der Waals surface area contributed by atoms with E-state index < -0.39 is 0 Å². The predicted molar refractivity (Wildman–Crippen MR) is 52.6 cm³/mol. The molecule has 0 aromatic rings. The number of carbonyl (C=O) groups is 1. The Hall–Kier alpha value is -0.610. The maximum atomic E-state index is 11.4. The zero-order valence-electron chi connectivity index (χ0n) is 8.37. The Labute approximate surface area is 84.2 Å². The molecule has 1 heterocycles. The van der Waals surface area contributed by atoms with Crippen LogP contribution in [0.3, 0.4) is 0 Å². The minimum atomic E-state index is 0.0829. The van der Waals surface area contributed by atoms with E-state index in [2.05, 4.69) is 5.32 Å². The topological polar surface area (TPSA) is 64.4 Å². The second-order valence-corrected chi connectivity index (χ2v) is 4.33. The molecule has 0 aromatic carbocycles. The van der Waals surface area contributed by atoms with Crippen LogP contribution in [0.5, 0.6) is 0 Å². The van der Waals surface area contributed by atoms with Crippen molar-refractivity contribution >= 4 is 5.91 Å². The lowest BCUT2D eigenvalue weighted by molar-refractivity contribution is -0.122. The van der Waals surface area contributed by atoms with E-state index in [-0.39, 0.29) is 17.9 Å². The number of nitrogens with one attached hydrogen (secondary N) is 1. The summed E-state index contributed by atoms with van der Waals surface area (Å²) in [7, 11) is 0. The van der Waals surface area contributed by atoms with Crippen LogP contribution in [0.4, 0.5) is 0 Å². The molecule has 0 bridgehead atoms. The summed E-state index contributed by atoms with van der Waals surface area (Å²) in [5.41, 5.74) is 5.59. The fraction of sp³-hybridized carbons (Fsp3) is 0.900. The Morgan fingerprint density at radius 2 is 2.36 bits per heavy atom. The molecule has 3 unspecified atom stereocenters. The molecule has 0 spiro atoms. The van der Waals surface area contributed by atoms with Crippen molar-refractivity contribution in [2.75, 3.05) is 19.8 Å². The minimum Gasteiger partial charge on any atom is -0.381 e. The van der Waals surface area contributed by atoms with E-state index in [1.165, 1.54) is 0 Å². The Kier molecular flexibility index (Phi) is 3.03. The van der Waals surface area contributed by atoms with Crippen molar-refractivity contribution < 1.29 is 9.53 Å². The van der Waals surface area contributed by atoms with Crippen LogP contribution < -0.4 is 11.1 Å². The van der Waals surface area contributed by atoms with Gasteiger partial charge in [0, 0.05) is 19.2 Å². The second kappa shape index (κ2) is 4.28. The number of rotatable bonds is 3. The number of ether oxygens (including phenoxy) is 1. The molecule has 1 aliphatic carbocycles. The van der Waals surface area contributed by atoms with Gasteiger partial charge in [-0.3, -0.25) is 4.79 Å². The number of hydrogen-bond acceptors (Lipinski definition) is 3. The zero-order valence-corrected chi connectivity index (χ0v) is 8.37. The highest BCUT2D eigenvalue weighted by Crippen LogP contribution is 2.27. The molecule has 1 saturated carbocycles. The lowest BCUT2D eigenvalue weighted by Gasteiger charge is -2.22. The molecule has 4 heteroatoms. The first-order chi connectivity index (χ1) is 6.77. The Morgan fingerprint density at radius 3 is 2.93 bits per heavy atom. The van der Waals surface area contributed by atoms with E-state index in [0.29, 0.717) is 5.92 Å². The first-order valence-corrected chi connectivity index (χ1v) is 5.38. The highest BCUT2D eigenvalue weighted by atomic mass is 16.5. The third-order valence-corrected chi connectivity index (χ3v) is 3.00. The summed E-state index contributed by atoms with van der Waals surface area (Å²) in [6, 6.07) is 0.109. The van der Waals surface area contributed by atoms with Crippen molar-refractivity contribution in [3.8, 4) is 0 Å². The molecular formula is C10H18N2O2. The lowest BCUT2D eigenvalue weighted by Crippen LogP contribution is -2.35. The van der Waals surface area contributed by atoms with Crippen LogP contribution in [0.25, 0.3) is 0 Å². The molecule has 2 rings (SSSR count). The Morgan fingerprint density at radius 1 is 1.57 bits per heavy atom. The van der Waals surface area contributed by atoms with Gasteiger partial charge in [0.1, 0.15) is 0 Å². The highest BCUT2D eigenvalue weighted by Gasteiger charge is 2.39. The normalized spacial score (nSPS) is 36.5. The average molecular weight is 198 g/mol. The van der Waals surface area contributed by atoms with Gasteiger partial charge in [-0.25, -0.2) is 0 Å². The molecular weight excluding hydrogens is 180 g/mol. The summed E-state index contributed by atoms with van der Waals surface area (Å²) in [4.78, 5) is 11.4. The number of carbonyl (C=O) groups excluding carboxylic acids is 1. The summed E-state index contributed by atoms with van der Waals surface area (Å²) in [5.74, 6) is 0.713. The molecule has 4 nitrogen and oxygen atoms in total. The van der Waals surface area contributed by atoms with Crippen molar-refractivity contribution in [3.05, 3.63) is 0 Å². The minimum absolute atomic E-state index is 0.0829. The first kappa shape index (κ1) is 9.93. The van der Waals surface area contributed by atoms with Crippen molar-refractivity contribution in [2.24, 2.45) is 17.6 Å². The fourth-order valence-corrected chi connectivity index (χ4v) is 1.86. The number of amides is 1. The lowest BCUT2D eigenvalue weighted by atomic mass is 10.0. The van der Waals surface area contributed by atoms with E-state index in [0.717, 1.165) is 39.0 Å². The molecule has 2 fully saturated rings. The quantitative estimate of drug-likeness (QED) is 0.664. The largest absolute Gasteiger partial charge is 0.381 e. The standard InChI is InChI=1S/C10H18N2O2/c11-9-4-8(9)10(13)12-5-7-2-1-3-14-6-7/h7-9H,1-6,11H2,(H,12,13). The molecule has 0 aromatic heterocycles. The summed E-state index contributed by atoms with van der Waals surface area (Å²) < 4.78 is 5.34. The predicted octanol–water partition coefficient (Wildman–Crippen LogP) is -0.124. The summed E-state index contributed by atoms with van der Waals surface area (Å²) in [6.45, 7) is 2.41. The molecule has 0 radical (unpaired) electrons.